The second-order valence-corrected chi connectivity index (χ2v) is 10.4. The van der Waals surface area contributed by atoms with Gasteiger partial charge in [0.15, 0.2) is 11.6 Å². The molecule has 4 aromatic heterocycles. The summed E-state index contributed by atoms with van der Waals surface area (Å²) in [6.07, 6.45) is 0. The van der Waals surface area contributed by atoms with E-state index in [0.717, 1.165) is 46.4 Å². The molecule has 2 fully saturated rings. The summed E-state index contributed by atoms with van der Waals surface area (Å²) in [5, 5.41) is 1.94. The van der Waals surface area contributed by atoms with Crippen LogP contribution in [0.5, 0.6) is 5.88 Å². The van der Waals surface area contributed by atoms with Gasteiger partial charge in [-0.2, -0.15) is 0 Å². The van der Waals surface area contributed by atoms with Crippen LogP contribution in [0.25, 0.3) is 45.1 Å². The second kappa shape index (κ2) is 8.72. The van der Waals surface area contributed by atoms with Gasteiger partial charge in [0.1, 0.15) is 17.1 Å². The van der Waals surface area contributed by atoms with Crippen LogP contribution in [0.15, 0.2) is 78.9 Å². The number of nitrogens with one attached hydrogen (secondary N) is 2. The molecule has 1 aliphatic carbocycles. The maximum absolute atomic E-state index is 12.4. The van der Waals surface area contributed by atoms with Gasteiger partial charge in [-0.15, -0.1) is 5.06 Å². The molecule has 4 N–H and O–H groups in total. The summed E-state index contributed by atoms with van der Waals surface area (Å²) in [6.45, 7) is 1.46. The van der Waals surface area contributed by atoms with E-state index in [0.29, 0.717) is 40.8 Å². The van der Waals surface area contributed by atoms with Crippen molar-refractivity contribution in [2.24, 2.45) is 17.6 Å². The first-order valence-corrected chi connectivity index (χ1v) is 13.2. The number of pyridine rings is 2. The van der Waals surface area contributed by atoms with Crippen LogP contribution in [0.1, 0.15) is 22.0 Å². The fraction of sp³-hybridized carbons (Fsp3) is 0.167. The largest absolute Gasteiger partial charge is 0.386 e. The second-order valence-electron chi connectivity index (χ2n) is 10.4. The number of piperidine rings is 1. The van der Waals surface area contributed by atoms with Crippen LogP contribution in [-0.2, 0) is 0 Å². The Morgan fingerprint density at radius 3 is 2.00 bits per heavy atom. The highest BCUT2D eigenvalue weighted by Crippen LogP contribution is 2.58. The number of fused-ring (bicyclic) bond motifs is 3. The fourth-order valence-corrected chi connectivity index (χ4v) is 5.97. The van der Waals surface area contributed by atoms with Gasteiger partial charge in [-0.3, -0.25) is 4.79 Å². The van der Waals surface area contributed by atoms with Gasteiger partial charge < -0.3 is 20.5 Å². The van der Waals surface area contributed by atoms with Gasteiger partial charge >= 0.3 is 0 Å². The number of primary amides is 1. The molecule has 196 valence electrons. The summed E-state index contributed by atoms with van der Waals surface area (Å²) in [6, 6.07) is 25.2. The number of nitrogens with two attached hydrogens (primary N) is 1. The van der Waals surface area contributed by atoms with Crippen LogP contribution < -0.4 is 10.6 Å². The van der Waals surface area contributed by atoms with Crippen molar-refractivity contribution in [1.82, 2.24) is 35.0 Å². The Kier molecular flexibility index (Phi) is 4.98. The van der Waals surface area contributed by atoms with Crippen LogP contribution in [0.2, 0.25) is 0 Å². The highest BCUT2D eigenvalue weighted by molar-refractivity contribution is 5.93. The number of aromatic amines is 2. The fourth-order valence-electron chi connectivity index (χ4n) is 5.97. The predicted octanol–water partition coefficient (Wildman–Crippen LogP) is 4.30. The number of imidazole rings is 2. The number of hydrogen-bond donors (Lipinski definition) is 3. The Morgan fingerprint density at radius 2 is 1.38 bits per heavy atom. The Bertz CT molecular complexity index is 1850. The molecule has 1 aliphatic heterocycles. The molecule has 2 aromatic carbocycles. The number of carbonyl (C=O) groups excluding carboxylic acids is 1. The summed E-state index contributed by atoms with van der Waals surface area (Å²) >= 11 is 0. The lowest BCUT2D eigenvalue weighted by Gasteiger charge is -2.20. The molecule has 8 rings (SSSR count). The third kappa shape index (κ3) is 3.80. The van der Waals surface area contributed by atoms with E-state index in [1.165, 1.54) is 0 Å². The van der Waals surface area contributed by atoms with Crippen molar-refractivity contribution in [1.29, 1.82) is 0 Å². The molecule has 10 heteroatoms. The highest BCUT2D eigenvalue weighted by Gasteiger charge is 2.58. The van der Waals surface area contributed by atoms with Crippen molar-refractivity contribution in [3.05, 3.63) is 90.1 Å². The lowest BCUT2D eigenvalue weighted by molar-refractivity contribution is -0.0515. The third-order valence-electron chi connectivity index (χ3n) is 7.89. The van der Waals surface area contributed by atoms with Gasteiger partial charge in [0, 0.05) is 19.2 Å². The van der Waals surface area contributed by atoms with Crippen molar-refractivity contribution in [3.63, 3.8) is 0 Å². The minimum absolute atomic E-state index is 0.217. The molecule has 0 bridgehead atoms. The summed E-state index contributed by atoms with van der Waals surface area (Å²) in [5.74, 6) is 2.24. The Balaban J connectivity index is 0.982. The van der Waals surface area contributed by atoms with Crippen LogP contribution in [0.4, 0.5) is 0 Å². The summed E-state index contributed by atoms with van der Waals surface area (Å²) in [5.41, 5.74) is 11.9. The molecular formula is C30H24N8O2. The molecule has 1 amide bonds. The monoisotopic (exact) mass is 528 g/mol. The van der Waals surface area contributed by atoms with Crippen molar-refractivity contribution < 1.29 is 9.63 Å². The average Bonchev–Trinajstić information content (AvgIpc) is 3.38. The minimum Gasteiger partial charge on any atom is -0.386 e. The average molecular weight is 529 g/mol. The van der Waals surface area contributed by atoms with Gasteiger partial charge in [0.05, 0.1) is 22.1 Å². The van der Waals surface area contributed by atoms with Gasteiger partial charge in [-0.25, -0.2) is 19.9 Å². The Hall–Kier alpha value is -5.09. The van der Waals surface area contributed by atoms with Gasteiger partial charge in [0.25, 0.3) is 5.91 Å². The van der Waals surface area contributed by atoms with E-state index in [2.05, 4.69) is 29.9 Å². The Morgan fingerprint density at radius 1 is 0.750 bits per heavy atom. The maximum atomic E-state index is 12.4. The third-order valence-corrected chi connectivity index (χ3v) is 7.89. The molecule has 2 atom stereocenters. The molecule has 2 aliphatic rings. The zero-order chi connectivity index (χ0) is 26.8. The van der Waals surface area contributed by atoms with Gasteiger partial charge in [-0.1, -0.05) is 36.4 Å². The topological polar surface area (TPSA) is 139 Å². The minimum atomic E-state index is -0.530. The molecule has 2 unspecified atom stereocenters. The summed E-state index contributed by atoms with van der Waals surface area (Å²) in [7, 11) is 0. The van der Waals surface area contributed by atoms with Crippen molar-refractivity contribution in [2.45, 2.75) is 5.92 Å². The maximum Gasteiger partial charge on any atom is 0.267 e. The number of nitrogens with zero attached hydrogens (tertiary/aromatic N) is 5. The molecule has 0 spiro atoms. The van der Waals surface area contributed by atoms with Gasteiger partial charge in [-0.05, 0) is 59.7 Å². The van der Waals surface area contributed by atoms with E-state index in [-0.39, 0.29) is 5.92 Å². The summed E-state index contributed by atoms with van der Waals surface area (Å²) < 4.78 is 0. The molecule has 40 heavy (non-hydrogen) atoms. The van der Waals surface area contributed by atoms with Crippen molar-refractivity contribution in [3.8, 4) is 28.9 Å². The van der Waals surface area contributed by atoms with Crippen LogP contribution in [-0.4, -0.2) is 54.0 Å². The number of para-hydroxylation sites is 4. The number of rotatable bonds is 6. The molecule has 5 heterocycles. The lowest BCUT2D eigenvalue weighted by atomic mass is 10.0. The first-order chi connectivity index (χ1) is 19.6. The Labute approximate surface area is 228 Å². The number of H-pyrrole nitrogens is 2. The zero-order valence-corrected chi connectivity index (χ0v) is 21.3. The van der Waals surface area contributed by atoms with Gasteiger partial charge in [0.2, 0.25) is 5.88 Å². The highest BCUT2D eigenvalue weighted by atomic mass is 16.7. The van der Waals surface area contributed by atoms with Crippen molar-refractivity contribution >= 4 is 28.0 Å². The lowest BCUT2D eigenvalue weighted by Crippen LogP contribution is -2.28. The molecule has 1 saturated heterocycles. The van der Waals surface area contributed by atoms with E-state index in [1.54, 1.807) is 0 Å². The molecule has 0 radical (unpaired) electrons. The van der Waals surface area contributed by atoms with Crippen LogP contribution in [0.3, 0.4) is 0 Å². The summed E-state index contributed by atoms with van der Waals surface area (Å²) in [4.78, 5) is 43.7. The van der Waals surface area contributed by atoms with Crippen molar-refractivity contribution in [2.75, 3.05) is 13.1 Å². The SMILES string of the molecule is NC(=O)c1nc(-c2nc3ccccc3[nH]2)ccc1C1C2CN(Oc3cccc(-c4nc5ccccc5[nH]4)n3)CC21. The molecule has 10 nitrogen and oxygen atoms in total. The quantitative estimate of drug-likeness (QED) is 0.293. The predicted molar refractivity (Wildman–Crippen MR) is 149 cm³/mol. The number of hydrogen-bond acceptors (Lipinski definition) is 7. The van der Waals surface area contributed by atoms with E-state index < -0.39 is 5.91 Å². The van der Waals surface area contributed by atoms with Crippen LogP contribution in [0, 0.1) is 11.8 Å². The van der Waals surface area contributed by atoms with Crippen LogP contribution >= 0.6 is 0 Å². The molecule has 1 saturated carbocycles. The zero-order valence-electron chi connectivity index (χ0n) is 21.3. The van der Waals surface area contributed by atoms with E-state index in [9.17, 15) is 4.79 Å². The first-order valence-electron chi connectivity index (χ1n) is 13.2. The normalized spacial score (nSPS) is 20.1. The number of amides is 1. The number of benzene rings is 2. The molecule has 6 aromatic rings. The molecular weight excluding hydrogens is 504 g/mol. The van der Waals surface area contributed by atoms with E-state index in [1.807, 2.05) is 83.9 Å². The van der Waals surface area contributed by atoms with E-state index in [4.69, 9.17) is 10.6 Å². The standard InChI is InChI=1S/C30H24N8O2/c31-28(39)27-16(12-13-24(33-27)30-36-21-8-3-4-9-22(21)37-30)26-17-14-38(15-18(17)26)40-25-11-5-10-23(32-25)29-34-19-6-1-2-7-20(19)35-29/h1-13,17-18,26H,14-15H2,(H2,31,39)(H,34,35)(H,36,37). The number of carbonyl (C=O) groups is 1. The number of hydroxylamine groups is 2. The van der Waals surface area contributed by atoms with E-state index >= 15 is 0 Å². The number of aromatic nitrogens is 6. The first kappa shape index (κ1) is 22.9. The smallest absolute Gasteiger partial charge is 0.267 e.